The van der Waals surface area contributed by atoms with Crippen LogP contribution in [0, 0.1) is 11.2 Å². The zero-order valence-corrected chi connectivity index (χ0v) is 9.70. The van der Waals surface area contributed by atoms with Gasteiger partial charge < -0.3 is 10.0 Å². The van der Waals surface area contributed by atoms with E-state index in [1.807, 2.05) is 0 Å². The van der Waals surface area contributed by atoms with E-state index < -0.39 is 11.4 Å². The van der Waals surface area contributed by atoms with E-state index in [4.69, 9.17) is 5.11 Å². The first-order valence-corrected chi connectivity index (χ1v) is 5.03. The molecule has 0 aliphatic rings. The molecule has 0 saturated carbocycles. The molecule has 0 atom stereocenters. The summed E-state index contributed by atoms with van der Waals surface area (Å²) in [6, 6.07) is 5.99. The Kier molecular flexibility index (Phi) is 3.52. The Bertz CT molecular complexity index is 373. The number of aliphatic carboxylic acids is 1. The molecule has 4 heteroatoms. The van der Waals surface area contributed by atoms with Crippen molar-refractivity contribution in [1.82, 2.24) is 0 Å². The number of hydrogen-bond donors (Lipinski definition) is 1. The number of halogens is 1. The Morgan fingerprint density at radius 2 is 1.88 bits per heavy atom. The highest BCUT2D eigenvalue weighted by atomic mass is 19.1. The minimum absolute atomic E-state index is 0.297. The number of anilines is 1. The van der Waals surface area contributed by atoms with Crippen LogP contribution < -0.4 is 4.90 Å². The first-order valence-electron chi connectivity index (χ1n) is 5.03. The molecular formula is C12H16FNO2. The van der Waals surface area contributed by atoms with Crippen LogP contribution in [0.1, 0.15) is 13.8 Å². The van der Waals surface area contributed by atoms with Gasteiger partial charge in [0.25, 0.3) is 0 Å². The maximum absolute atomic E-state index is 12.7. The number of nitrogens with zero attached hydrogens (tertiary/aromatic N) is 1. The van der Waals surface area contributed by atoms with Gasteiger partial charge in [-0.25, -0.2) is 4.39 Å². The Morgan fingerprint density at radius 3 is 2.31 bits per heavy atom. The van der Waals surface area contributed by atoms with E-state index in [1.165, 1.54) is 12.1 Å². The van der Waals surface area contributed by atoms with Gasteiger partial charge in [-0.05, 0) is 38.1 Å². The van der Waals surface area contributed by atoms with Gasteiger partial charge in [0, 0.05) is 19.3 Å². The van der Waals surface area contributed by atoms with E-state index in [0.29, 0.717) is 6.54 Å². The average Bonchev–Trinajstić information content (AvgIpc) is 2.17. The molecule has 16 heavy (non-hydrogen) atoms. The molecule has 0 spiro atoms. The highest BCUT2D eigenvalue weighted by Crippen LogP contribution is 2.21. The van der Waals surface area contributed by atoms with E-state index >= 15 is 0 Å². The summed E-state index contributed by atoms with van der Waals surface area (Å²) in [4.78, 5) is 12.8. The molecule has 0 unspecified atom stereocenters. The Hall–Kier alpha value is -1.58. The third kappa shape index (κ3) is 2.95. The standard InChI is InChI=1S/C12H16FNO2/c1-12(2,11(15)16)8-14(3)10-6-4-9(13)5-7-10/h4-7H,8H2,1-3H3,(H,15,16). The van der Waals surface area contributed by atoms with Gasteiger partial charge in [-0.1, -0.05) is 0 Å². The molecule has 3 nitrogen and oxygen atoms in total. The van der Waals surface area contributed by atoms with Gasteiger partial charge in [0.15, 0.2) is 0 Å². The van der Waals surface area contributed by atoms with E-state index in [9.17, 15) is 9.18 Å². The quantitative estimate of drug-likeness (QED) is 0.855. The van der Waals surface area contributed by atoms with Crippen LogP contribution in [0.25, 0.3) is 0 Å². The van der Waals surface area contributed by atoms with Gasteiger partial charge >= 0.3 is 5.97 Å². The SMILES string of the molecule is CN(CC(C)(C)C(=O)O)c1ccc(F)cc1. The van der Waals surface area contributed by atoms with Crippen LogP contribution in [0.4, 0.5) is 10.1 Å². The van der Waals surface area contributed by atoms with Crippen LogP contribution in [0.5, 0.6) is 0 Å². The van der Waals surface area contributed by atoms with Gasteiger partial charge in [0.2, 0.25) is 0 Å². The molecule has 0 amide bonds. The Balaban J connectivity index is 2.76. The maximum Gasteiger partial charge on any atom is 0.310 e. The fraction of sp³-hybridized carbons (Fsp3) is 0.417. The first kappa shape index (κ1) is 12.5. The predicted molar refractivity (Wildman–Crippen MR) is 61.1 cm³/mol. The molecule has 0 aromatic heterocycles. The second kappa shape index (κ2) is 4.51. The Labute approximate surface area is 94.5 Å². The van der Waals surface area contributed by atoms with E-state index in [2.05, 4.69) is 0 Å². The molecule has 0 radical (unpaired) electrons. The molecule has 0 heterocycles. The topological polar surface area (TPSA) is 40.5 Å². The molecule has 0 aliphatic carbocycles. The van der Waals surface area contributed by atoms with Gasteiger partial charge in [0.05, 0.1) is 5.41 Å². The average molecular weight is 225 g/mol. The largest absolute Gasteiger partial charge is 0.481 e. The molecule has 0 bridgehead atoms. The summed E-state index contributed by atoms with van der Waals surface area (Å²) < 4.78 is 12.7. The monoisotopic (exact) mass is 225 g/mol. The third-order valence-corrected chi connectivity index (χ3v) is 2.48. The van der Waals surface area contributed by atoms with Crippen LogP contribution in [0.15, 0.2) is 24.3 Å². The fourth-order valence-electron chi connectivity index (χ4n) is 1.45. The smallest absolute Gasteiger partial charge is 0.310 e. The maximum atomic E-state index is 12.7. The zero-order chi connectivity index (χ0) is 12.3. The lowest BCUT2D eigenvalue weighted by Crippen LogP contribution is -2.37. The highest BCUT2D eigenvalue weighted by molar-refractivity contribution is 5.74. The van der Waals surface area contributed by atoms with E-state index in [-0.39, 0.29) is 5.82 Å². The van der Waals surface area contributed by atoms with Gasteiger partial charge in [-0.3, -0.25) is 4.79 Å². The molecule has 1 aromatic carbocycles. The summed E-state index contributed by atoms with van der Waals surface area (Å²) in [6.07, 6.45) is 0. The lowest BCUT2D eigenvalue weighted by atomic mass is 9.93. The highest BCUT2D eigenvalue weighted by Gasteiger charge is 2.28. The number of benzene rings is 1. The first-order chi connectivity index (χ1) is 7.33. The minimum atomic E-state index is -0.846. The lowest BCUT2D eigenvalue weighted by Gasteiger charge is -2.28. The summed E-state index contributed by atoms with van der Waals surface area (Å²) in [5.74, 6) is -1.14. The van der Waals surface area contributed by atoms with Crippen LogP contribution in [0.3, 0.4) is 0 Å². The predicted octanol–water partition coefficient (Wildman–Crippen LogP) is 2.37. The molecule has 0 saturated heterocycles. The molecule has 0 aliphatic heterocycles. The van der Waals surface area contributed by atoms with Crippen molar-refractivity contribution in [3.63, 3.8) is 0 Å². The van der Waals surface area contributed by atoms with Crippen molar-refractivity contribution in [2.45, 2.75) is 13.8 Å². The number of carboxylic acid groups (broad SMARTS) is 1. The van der Waals surface area contributed by atoms with Crippen molar-refractivity contribution in [2.75, 3.05) is 18.5 Å². The number of carboxylic acids is 1. The molecule has 88 valence electrons. The lowest BCUT2D eigenvalue weighted by molar-refractivity contribution is -0.146. The normalized spacial score (nSPS) is 11.2. The summed E-state index contributed by atoms with van der Waals surface area (Å²) in [5, 5.41) is 8.99. The second-order valence-corrected chi connectivity index (χ2v) is 4.52. The van der Waals surface area contributed by atoms with Crippen molar-refractivity contribution < 1.29 is 14.3 Å². The van der Waals surface area contributed by atoms with Crippen LogP contribution >= 0.6 is 0 Å². The van der Waals surface area contributed by atoms with Crippen molar-refractivity contribution in [1.29, 1.82) is 0 Å². The summed E-state index contributed by atoms with van der Waals surface area (Å²) in [7, 11) is 1.79. The minimum Gasteiger partial charge on any atom is -0.481 e. The summed E-state index contributed by atoms with van der Waals surface area (Å²) >= 11 is 0. The molecule has 1 aromatic rings. The van der Waals surface area contributed by atoms with Gasteiger partial charge in [-0.2, -0.15) is 0 Å². The van der Waals surface area contributed by atoms with Gasteiger partial charge in [-0.15, -0.1) is 0 Å². The third-order valence-electron chi connectivity index (χ3n) is 2.48. The van der Waals surface area contributed by atoms with Crippen molar-refractivity contribution in [2.24, 2.45) is 5.41 Å². The van der Waals surface area contributed by atoms with Crippen molar-refractivity contribution in [3.05, 3.63) is 30.1 Å². The van der Waals surface area contributed by atoms with Gasteiger partial charge in [0.1, 0.15) is 5.82 Å². The Morgan fingerprint density at radius 1 is 1.38 bits per heavy atom. The van der Waals surface area contributed by atoms with E-state index in [1.54, 1.807) is 37.9 Å². The second-order valence-electron chi connectivity index (χ2n) is 4.52. The molecule has 1 N–H and O–H groups in total. The number of hydrogen-bond acceptors (Lipinski definition) is 2. The molecular weight excluding hydrogens is 209 g/mol. The number of carbonyl (C=O) groups is 1. The van der Waals surface area contributed by atoms with Crippen molar-refractivity contribution in [3.8, 4) is 0 Å². The molecule has 1 rings (SSSR count). The zero-order valence-electron chi connectivity index (χ0n) is 9.70. The molecule has 0 fully saturated rings. The summed E-state index contributed by atoms with van der Waals surface area (Å²) in [5.41, 5.74) is -0.0286. The van der Waals surface area contributed by atoms with Crippen LogP contribution in [0.2, 0.25) is 0 Å². The summed E-state index contributed by atoms with van der Waals surface area (Å²) in [6.45, 7) is 3.69. The van der Waals surface area contributed by atoms with Crippen LogP contribution in [-0.2, 0) is 4.79 Å². The fourth-order valence-corrected chi connectivity index (χ4v) is 1.45. The van der Waals surface area contributed by atoms with Crippen LogP contribution in [-0.4, -0.2) is 24.7 Å². The van der Waals surface area contributed by atoms with E-state index in [0.717, 1.165) is 5.69 Å². The number of rotatable bonds is 4. The van der Waals surface area contributed by atoms with Crippen molar-refractivity contribution >= 4 is 11.7 Å².